The minimum absolute atomic E-state index is 0.204. The normalized spacial score (nSPS) is 14.8. The number of hydrogen-bond acceptors (Lipinski definition) is 6. The Kier molecular flexibility index (Phi) is 7.37. The standard InChI is InChI=1S/C24H27ClN4O4S2/c1-4-27(2)23(26)17-6-8-19(20(13-17)33-3)24(30)28-9-11-29(12-10-28)35(31,32)22-14-16-5-7-18(25)15-21(16)34-22/h5-8,13-15,26H,4,9-12H2,1-3H3. The number of methoxy groups -OCH3 is 1. The highest BCUT2D eigenvalue weighted by Crippen LogP contribution is 2.33. The Hall–Kier alpha value is -2.66. The van der Waals surface area contributed by atoms with Gasteiger partial charge in [0.25, 0.3) is 15.9 Å². The highest BCUT2D eigenvalue weighted by Gasteiger charge is 2.32. The fraction of sp³-hybridized carbons (Fsp3) is 0.333. The van der Waals surface area contributed by atoms with Gasteiger partial charge in [-0.1, -0.05) is 23.7 Å². The zero-order valence-corrected chi connectivity index (χ0v) is 22.1. The summed E-state index contributed by atoms with van der Waals surface area (Å²) in [5, 5.41) is 9.68. The summed E-state index contributed by atoms with van der Waals surface area (Å²) in [6.07, 6.45) is 0. The molecule has 1 N–H and O–H groups in total. The van der Waals surface area contributed by atoms with Crippen molar-refractivity contribution in [2.24, 2.45) is 0 Å². The van der Waals surface area contributed by atoms with Crippen LogP contribution in [0.1, 0.15) is 22.8 Å². The van der Waals surface area contributed by atoms with Crippen molar-refractivity contribution in [3.63, 3.8) is 0 Å². The molecular formula is C24H27ClN4O4S2. The Morgan fingerprint density at radius 3 is 2.51 bits per heavy atom. The fourth-order valence-electron chi connectivity index (χ4n) is 3.93. The predicted molar refractivity (Wildman–Crippen MR) is 140 cm³/mol. The van der Waals surface area contributed by atoms with Gasteiger partial charge in [-0.25, -0.2) is 8.42 Å². The molecule has 0 aliphatic carbocycles. The number of piperazine rings is 1. The van der Waals surface area contributed by atoms with E-state index in [1.54, 1.807) is 46.2 Å². The maximum absolute atomic E-state index is 13.2. The molecule has 0 saturated carbocycles. The van der Waals surface area contributed by atoms with Crippen molar-refractivity contribution in [3.8, 4) is 5.75 Å². The molecule has 2 aromatic carbocycles. The van der Waals surface area contributed by atoms with E-state index in [-0.39, 0.29) is 36.3 Å². The second kappa shape index (κ2) is 10.1. The Labute approximate surface area is 214 Å². The fourth-order valence-corrected chi connectivity index (χ4v) is 7.18. The molecule has 1 aliphatic heterocycles. The molecule has 11 heteroatoms. The van der Waals surface area contributed by atoms with E-state index in [2.05, 4.69) is 0 Å². The van der Waals surface area contributed by atoms with Gasteiger partial charge in [-0.15, -0.1) is 11.3 Å². The van der Waals surface area contributed by atoms with Crippen molar-refractivity contribution >= 4 is 54.8 Å². The van der Waals surface area contributed by atoms with Crippen LogP contribution >= 0.6 is 22.9 Å². The van der Waals surface area contributed by atoms with Gasteiger partial charge in [0, 0.05) is 55.1 Å². The van der Waals surface area contributed by atoms with Crippen molar-refractivity contribution in [1.29, 1.82) is 5.41 Å². The number of amides is 1. The first-order valence-electron chi connectivity index (χ1n) is 11.1. The molecule has 35 heavy (non-hydrogen) atoms. The van der Waals surface area contributed by atoms with Gasteiger partial charge in [-0.05, 0) is 42.6 Å². The summed E-state index contributed by atoms with van der Waals surface area (Å²) in [6, 6.07) is 12.1. The SMILES string of the molecule is CCN(C)C(=N)c1ccc(C(=O)N2CCN(S(=O)(=O)c3cc4ccc(Cl)cc4s3)CC2)c(OC)c1. The van der Waals surface area contributed by atoms with Crippen molar-refractivity contribution in [2.45, 2.75) is 11.1 Å². The molecule has 1 saturated heterocycles. The smallest absolute Gasteiger partial charge is 0.257 e. The van der Waals surface area contributed by atoms with Crippen LogP contribution in [-0.4, -0.2) is 81.1 Å². The number of nitrogens with one attached hydrogen (secondary N) is 1. The topological polar surface area (TPSA) is 94.0 Å². The Morgan fingerprint density at radius 2 is 1.86 bits per heavy atom. The van der Waals surface area contributed by atoms with Crippen LogP contribution in [0.3, 0.4) is 0 Å². The molecule has 1 aromatic heterocycles. The van der Waals surface area contributed by atoms with E-state index >= 15 is 0 Å². The lowest BCUT2D eigenvalue weighted by atomic mass is 10.1. The van der Waals surface area contributed by atoms with E-state index in [4.69, 9.17) is 21.7 Å². The van der Waals surface area contributed by atoms with Gasteiger partial charge in [0.1, 0.15) is 15.8 Å². The molecular weight excluding hydrogens is 508 g/mol. The predicted octanol–water partition coefficient (Wildman–Crippen LogP) is 3.99. The number of amidine groups is 1. The average molecular weight is 535 g/mol. The summed E-state index contributed by atoms with van der Waals surface area (Å²) in [4.78, 5) is 16.7. The Bertz CT molecular complexity index is 1380. The van der Waals surface area contributed by atoms with Crippen LogP contribution in [0.5, 0.6) is 5.75 Å². The minimum Gasteiger partial charge on any atom is -0.496 e. The number of nitrogens with zero attached hydrogens (tertiary/aromatic N) is 3. The quantitative estimate of drug-likeness (QED) is 0.381. The third-order valence-corrected chi connectivity index (χ3v) is 9.82. The van der Waals surface area contributed by atoms with E-state index in [9.17, 15) is 13.2 Å². The lowest BCUT2D eigenvalue weighted by Gasteiger charge is -2.34. The molecule has 1 fully saturated rings. The van der Waals surface area contributed by atoms with Gasteiger partial charge >= 0.3 is 0 Å². The van der Waals surface area contributed by atoms with Crippen molar-refractivity contribution in [2.75, 3.05) is 46.9 Å². The molecule has 4 rings (SSSR count). The van der Waals surface area contributed by atoms with Crippen LogP contribution in [0.4, 0.5) is 0 Å². The molecule has 186 valence electrons. The first-order chi connectivity index (χ1) is 16.6. The first kappa shape index (κ1) is 25.4. The third-order valence-electron chi connectivity index (χ3n) is 6.14. The molecule has 8 nitrogen and oxygen atoms in total. The summed E-state index contributed by atoms with van der Waals surface area (Å²) in [5.41, 5.74) is 1.05. The van der Waals surface area contributed by atoms with Crippen molar-refractivity contribution < 1.29 is 17.9 Å². The molecule has 3 aromatic rings. The maximum Gasteiger partial charge on any atom is 0.257 e. The lowest BCUT2D eigenvalue weighted by molar-refractivity contribution is 0.0694. The molecule has 0 atom stereocenters. The minimum atomic E-state index is -3.67. The van der Waals surface area contributed by atoms with E-state index in [0.717, 1.165) is 10.1 Å². The largest absolute Gasteiger partial charge is 0.496 e. The van der Waals surface area contributed by atoms with E-state index < -0.39 is 10.0 Å². The summed E-state index contributed by atoms with van der Waals surface area (Å²) < 4.78 is 34.4. The highest BCUT2D eigenvalue weighted by molar-refractivity contribution is 7.91. The van der Waals surface area contributed by atoms with Crippen molar-refractivity contribution in [3.05, 3.63) is 58.6 Å². The number of rotatable bonds is 6. The number of carbonyl (C=O) groups is 1. The molecule has 1 amide bonds. The van der Waals surface area contributed by atoms with E-state index in [0.29, 0.717) is 34.3 Å². The van der Waals surface area contributed by atoms with Gasteiger partial charge in [0.15, 0.2) is 0 Å². The zero-order chi connectivity index (χ0) is 25.3. The second-order valence-corrected chi connectivity index (χ2v) is 11.9. The van der Waals surface area contributed by atoms with E-state index in [1.165, 1.54) is 22.8 Å². The number of sulfonamides is 1. The van der Waals surface area contributed by atoms with Gasteiger partial charge in [-0.3, -0.25) is 10.2 Å². The number of carbonyl (C=O) groups excluding carboxylic acids is 1. The number of halogens is 1. The van der Waals surface area contributed by atoms with Crippen LogP contribution in [0, 0.1) is 5.41 Å². The second-order valence-electron chi connectivity index (χ2n) is 8.22. The third kappa shape index (κ3) is 5.02. The number of thiophene rings is 1. The molecule has 1 aliphatic rings. The summed E-state index contributed by atoms with van der Waals surface area (Å²) in [6.45, 7) is 3.59. The summed E-state index contributed by atoms with van der Waals surface area (Å²) in [7, 11) is -0.351. The van der Waals surface area contributed by atoms with Crippen LogP contribution in [0.2, 0.25) is 5.02 Å². The van der Waals surface area contributed by atoms with Crippen LogP contribution in [0.25, 0.3) is 10.1 Å². The Balaban J connectivity index is 1.48. The maximum atomic E-state index is 13.2. The van der Waals surface area contributed by atoms with E-state index in [1.807, 2.05) is 20.0 Å². The molecule has 0 unspecified atom stereocenters. The van der Waals surface area contributed by atoms with Crippen LogP contribution in [0.15, 0.2) is 46.7 Å². The number of hydrogen-bond donors (Lipinski definition) is 1. The monoisotopic (exact) mass is 534 g/mol. The highest BCUT2D eigenvalue weighted by atomic mass is 35.5. The zero-order valence-electron chi connectivity index (χ0n) is 19.7. The number of ether oxygens (including phenoxy) is 1. The van der Waals surface area contributed by atoms with Crippen molar-refractivity contribution in [1.82, 2.24) is 14.1 Å². The molecule has 2 heterocycles. The summed E-state index contributed by atoms with van der Waals surface area (Å²) >= 11 is 7.24. The number of benzene rings is 2. The van der Waals surface area contributed by atoms with Gasteiger partial charge in [0.2, 0.25) is 0 Å². The molecule has 0 spiro atoms. The lowest BCUT2D eigenvalue weighted by Crippen LogP contribution is -2.50. The van der Waals surface area contributed by atoms with Gasteiger partial charge in [-0.2, -0.15) is 4.31 Å². The average Bonchev–Trinajstić information content (AvgIpc) is 3.31. The first-order valence-corrected chi connectivity index (χ1v) is 13.8. The molecule has 0 radical (unpaired) electrons. The van der Waals surface area contributed by atoms with Gasteiger partial charge < -0.3 is 14.5 Å². The van der Waals surface area contributed by atoms with Crippen LogP contribution < -0.4 is 4.74 Å². The molecule has 0 bridgehead atoms. The Morgan fingerprint density at radius 1 is 1.14 bits per heavy atom. The van der Waals surface area contributed by atoms with Crippen LogP contribution in [-0.2, 0) is 10.0 Å². The summed E-state index contributed by atoms with van der Waals surface area (Å²) in [5.74, 6) is 0.505. The van der Waals surface area contributed by atoms with Gasteiger partial charge in [0.05, 0.1) is 12.7 Å². The number of fused-ring (bicyclic) bond motifs is 1.